The molecule has 0 saturated carbocycles. The van der Waals surface area contributed by atoms with E-state index in [0.717, 1.165) is 79.5 Å². The molecule has 8 heteroatoms. The van der Waals surface area contributed by atoms with Crippen LogP contribution in [0.5, 0.6) is 0 Å². The zero-order chi connectivity index (χ0) is 23.3. The number of aryl methyl sites for hydroxylation is 2. The molecule has 0 N–H and O–H groups in total. The van der Waals surface area contributed by atoms with E-state index in [1.165, 1.54) is 5.56 Å². The fraction of sp³-hybridized carbons (Fsp3) is 0.538. The highest BCUT2D eigenvalue weighted by Gasteiger charge is 2.32. The first-order valence-electron chi connectivity index (χ1n) is 12.4. The Kier molecular flexibility index (Phi) is 7.47. The molecular formula is C26H32N4O3S. The van der Waals surface area contributed by atoms with Gasteiger partial charge in [-0.15, -0.1) is 0 Å². The van der Waals surface area contributed by atoms with Crippen LogP contribution in [0.4, 0.5) is 5.13 Å². The third-order valence-corrected chi connectivity index (χ3v) is 7.81. The zero-order valence-corrected chi connectivity index (χ0v) is 20.6. The molecule has 3 aromatic rings. The molecule has 4 heterocycles. The summed E-state index contributed by atoms with van der Waals surface area (Å²) in [5, 5.41) is 0.886. The van der Waals surface area contributed by atoms with Crippen LogP contribution in [0, 0.1) is 0 Å². The van der Waals surface area contributed by atoms with E-state index in [1.54, 1.807) is 11.3 Å². The van der Waals surface area contributed by atoms with Gasteiger partial charge in [-0.3, -0.25) is 4.79 Å². The van der Waals surface area contributed by atoms with Crippen molar-refractivity contribution in [1.29, 1.82) is 0 Å². The van der Waals surface area contributed by atoms with Gasteiger partial charge in [0.15, 0.2) is 22.4 Å². The standard InChI is InChI=1S/C26H32N4O3S/c1-2-20-24-25(28-23(27-20)17-33-19-12-15-32-16-13-19)29-26(34-24)30-14-6-9-21(30)22(31)11-10-18-7-4-3-5-8-18/h3-5,7-8,19,21H,2,6,9-17H2,1H3/t21-/m1/s1. The van der Waals surface area contributed by atoms with E-state index < -0.39 is 0 Å². The Labute approximate surface area is 204 Å². The van der Waals surface area contributed by atoms with Crippen LogP contribution in [-0.4, -0.2) is 52.6 Å². The average Bonchev–Trinajstić information content (AvgIpc) is 3.54. The predicted molar refractivity (Wildman–Crippen MR) is 133 cm³/mol. The minimum Gasteiger partial charge on any atom is -0.381 e. The molecule has 5 rings (SSSR count). The lowest BCUT2D eigenvalue weighted by Gasteiger charge is -2.22. The zero-order valence-electron chi connectivity index (χ0n) is 19.7. The Hall–Kier alpha value is -2.42. The van der Waals surface area contributed by atoms with Crippen molar-refractivity contribution in [3.8, 4) is 0 Å². The number of thiazole rings is 1. The topological polar surface area (TPSA) is 77.4 Å². The van der Waals surface area contributed by atoms with Gasteiger partial charge in [0.1, 0.15) is 6.61 Å². The molecule has 2 aliphatic heterocycles. The Morgan fingerprint density at radius 3 is 2.76 bits per heavy atom. The van der Waals surface area contributed by atoms with E-state index in [0.29, 0.717) is 24.6 Å². The van der Waals surface area contributed by atoms with Crippen LogP contribution in [0.3, 0.4) is 0 Å². The highest BCUT2D eigenvalue weighted by atomic mass is 32.1. The summed E-state index contributed by atoms with van der Waals surface area (Å²) in [5.41, 5.74) is 2.93. The molecule has 180 valence electrons. The summed E-state index contributed by atoms with van der Waals surface area (Å²) in [6, 6.07) is 10.1. The van der Waals surface area contributed by atoms with Crippen LogP contribution in [0.15, 0.2) is 30.3 Å². The van der Waals surface area contributed by atoms with Crippen molar-refractivity contribution in [1.82, 2.24) is 15.0 Å². The number of carbonyl (C=O) groups excluding carboxylic acids is 1. The van der Waals surface area contributed by atoms with Crippen molar-refractivity contribution >= 4 is 32.6 Å². The highest BCUT2D eigenvalue weighted by molar-refractivity contribution is 7.22. The van der Waals surface area contributed by atoms with Gasteiger partial charge in [-0.1, -0.05) is 48.6 Å². The minimum absolute atomic E-state index is 0.0985. The van der Waals surface area contributed by atoms with Gasteiger partial charge >= 0.3 is 0 Å². The largest absolute Gasteiger partial charge is 0.381 e. The van der Waals surface area contributed by atoms with Gasteiger partial charge in [0.2, 0.25) is 0 Å². The summed E-state index contributed by atoms with van der Waals surface area (Å²) in [5.74, 6) is 0.984. The van der Waals surface area contributed by atoms with Crippen LogP contribution in [-0.2, 0) is 33.7 Å². The van der Waals surface area contributed by atoms with Gasteiger partial charge in [0.25, 0.3) is 0 Å². The summed E-state index contributed by atoms with van der Waals surface area (Å²) in [4.78, 5) is 29.7. The maximum atomic E-state index is 13.1. The molecule has 0 amide bonds. The van der Waals surface area contributed by atoms with Gasteiger partial charge in [0, 0.05) is 26.2 Å². The van der Waals surface area contributed by atoms with Crippen LogP contribution < -0.4 is 4.90 Å². The molecule has 1 aromatic carbocycles. The Bertz CT molecular complexity index is 1110. The van der Waals surface area contributed by atoms with Crippen LogP contribution >= 0.6 is 11.3 Å². The first-order chi connectivity index (χ1) is 16.7. The molecule has 2 aliphatic rings. The molecule has 0 bridgehead atoms. The highest BCUT2D eigenvalue weighted by Crippen LogP contribution is 2.35. The summed E-state index contributed by atoms with van der Waals surface area (Å²) in [7, 11) is 0. The lowest BCUT2D eigenvalue weighted by Crippen LogP contribution is -2.36. The van der Waals surface area contributed by atoms with Gasteiger partial charge in [0.05, 0.1) is 22.5 Å². The second-order valence-corrected chi connectivity index (χ2v) is 9.99. The number of ketones is 1. The normalized spacial score (nSPS) is 19.2. The number of nitrogens with zero attached hydrogens (tertiary/aromatic N) is 4. The second-order valence-electron chi connectivity index (χ2n) is 9.02. The van der Waals surface area contributed by atoms with Crippen molar-refractivity contribution < 1.29 is 14.3 Å². The number of carbonyl (C=O) groups is 1. The number of ether oxygens (including phenoxy) is 2. The predicted octanol–water partition coefficient (Wildman–Crippen LogP) is 4.52. The Morgan fingerprint density at radius 1 is 1.15 bits per heavy atom. The molecular weight excluding hydrogens is 448 g/mol. The number of anilines is 1. The molecule has 2 saturated heterocycles. The van der Waals surface area contributed by atoms with E-state index in [2.05, 4.69) is 24.0 Å². The first kappa shape index (κ1) is 23.3. The van der Waals surface area contributed by atoms with Crippen molar-refractivity contribution in [3.63, 3.8) is 0 Å². The minimum atomic E-state index is -0.0985. The summed E-state index contributed by atoms with van der Waals surface area (Å²) in [6.07, 6.45) is 6.08. The van der Waals surface area contributed by atoms with Crippen molar-refractivity contribution in [3.05, 3.63) is 47.4 Å². The molecule has 0 radical (unpaired) electrons. The monoisotopic (exact) mass is 480 g/mol. The Balaban J connectivity index is 1.30. The smallest absolute Gasteiger partial charge is 0.188 e. The molecule has 0 spiro atoms. The lowest BCUT2D eigenvalue weighted by atomic mass is 10.0. The summed E-state index contributed by atoms with van der Waals surface area (Å²) < 4.78 is 12.5. The van der Waals surface area contributed by atoms with E-state index in [4.69, 9.17) is 24.4 Å². The van der Waals surface area contributed by atoms with Crippen LogP contribution in [0.1, 0.15) is 56.1 Å². The van der Waals surface area contributed by atoms with Crippen molar-refractivity contribution in [2.45, 2.75) is 70.6 Å². The number of fused-ring (bicyclic) bond motifs is 1. The molecule has 0 unspecified atom stereocenters. The maximum Gasteiger partial charge on any atom is 0.188 e. The Morgan fingerprint density at radius 2 is 1.97 bits per heavy atom. The molecule has 0 aliphatic carbocycles. The lowest BCUT2D eigenvalue weighted by molar-refractivity contribution is -0.120. The number of hydrogen-bond donors (Lipinski definition) is 0. The summed E-state index contributed by atoms with van der Waals surface area (Å²) in [6.45, 7) is 4.86. The maximum absolute atomic E-state index is 13.1. The van der Waals surface area contributed by atoms with Crippen LogP contribution in [0.2, 0.25) is 0 Å². The third kappa shape index (κ3) is 5.29. The molecule has 2 aromatic heterocycles. The average molecular weight is 481 g/mol. The van der Waals surface area contributed by atoms with Gasteiger partial charge < -0.3 is 14.4 Å². The summed E-state index contributed by atoms with van der Waals surface area (Å²) >= 11 is 1.62. The number of benzene rings is 1. The molecule has 1 atom stereocenters. The SMILES string of the molecule is CCc1nc(COC2CCOCC2)nc2nc(N3CCC[C@@H]3C(=O)CCc3ccccc3)sc12. The second kappa shape index (κ2) is 10.9. The van der Waals surface area contributed by atoms with E-state index in [9.17, 15) is 4.79 Å². The molecule has 7 nitrogen and oxygen atoms in total. The number of rotatable bonds is 9. The fourth-order valence-corrected chi connectivity index (χ4v) is 5.93. The van der Waals surface area contributed by atoms with E-state index in [1.807, 2.05) is 18.2 Å². The van der Waals surface area contributed by atoms with Crippen LogP contribution in [0.25, 0.3) is 10.3 Å². The van der Waals surface area contributed by atoms with E-state index >= 15 is 0 Å². The number of Topliss-reactive ketones (excluding diaryl/α,β-unsaturated/α-hetero) is 1. The fourth-order valence-electron chi connectivity index (χ4n) is 4.79. The quantitative estimate of drug-likeness (QED) is 0.446. The van der Waals surface area contributed by atoms with Gasteiger partial charge in [-0.05, 0) is 44.1 Å². The number of hydrogen-bond acceptors (Lipinski definition) is 8. The van der Waals surface area contributed by atoms with Crippen molar-refractivity contribution in [2.75, 3.05) is 24.7 Å². The third-order valence-electron chi connectivity index (χ3n) is 6.68. The molecule has 34 heavy (non-hydrogen) atoms. The molecule has 2 fully saturated rings. The van der Waals surface area contributed by atoms with E-state index in [-0.39, 0.29) is 12.1 Å². The van der Waals surface area contributed by atoms with Crippen molar-refractivity contribution in [2.24, 2.45) is 0 Å². The number of aromatic nitrogens is 3. The first-order valence-corrected chi connectivity index (χ1v) is 13.2. The van der Waals surface area contributed by atoms with Gasteiger partial charge in [-0.25, -0.2) is 9.97 Å². The van der Waals surface area contributed by atoms with Gasteiger partial charge in [-0.2, -0.15) is 4.98 Å².